The lowest BCUT2D eigenvalue weighted by atomic mass is 9.96. The lowest BCUT2D eigenvalue weighted by Crippen LogP contribution is -2.27. The largest absolute Gasteiger partial charge is 0.436 e. The van der Waals surface area contributed by atoms with Crippen molar-refractivity contribution in [1.29, 1.82) is 0 Å². The van der Waals surface area contributed by atoms with Gasteiger partial charge in [0.05, 0.1) is 47.0 Å². The van der Waals surface area contributed by atoms with Crippen molar-refractivity contribution in [3.05, 3.63) is 100.0 Å². The maximum atomic E-state index is 14.3. The molecule has 230 valence electrons. The molecule has 0 spiro atoms. The molecule has 6 rings (SSSR count). The van der Waals surface area contributed by atoms with Crippen LogP contribution in [-0.2, 0) is 11.0 Å². The van der Waals surface area contributed by atoms with E-state index in [9.17, 15) is 27.2 Å². The van der Waals surface area contributed by atoms with E-state index in [1.165, 1.54) is 59.7 Å². The van der Waals surface area contributed by atoms with Crippen molar-refractivity contribution in [2.24, 2.45) is 5.92 Å². The molecule has 2 atom stereocenters. The molecule has 1 aliphatic rings. The number of hydrogen-bond donors (Lipinski definition) is 1. The second-order valence-electron chi connectivity index (χ2n) is 10.6. The summed E-state index contributed by atoms with van der Waals surface area (Å²) in [6.45, 7) is 1.78. The topological polar surface area (TPSA) is 120 Å². The highest BCUT2D eigenvalue weighted by Gasteiger charge is 2.35. The van der Waals surface area contributed by atoms with Crippen LogP contribution in [0, 0.1) is 11.7 Å². The fourth-order valence-corrected chi connectivity index (χ4v) is 5.36. The van der Waals surface area contributed by atoms with Crippen molar-refractivity contribution >= 4 is 23.2 Å². The fourth-order valence-electron chi connectivity index (χ4n) is 5.19. The summed E-state index contributed by atoms with van der Waals surface area (Å²) >= 11 is 6.21. The van der Waals surface area contributed by atoms with Gasteiger partial charge in [-0.25, -0.2) is 24.0 Å². The van der Waals surface area contributed by atoms with Gasteiger partial charge in [0.1, 0.15) is 12.1 Å². The Hall–Kier alpha value is -4.98. The van der Waals surface area contributed by atoms with Crippen molar-refractivity contribution in [2.45, 2.75) is 38.4 Å². The Morgan fingerprint density at radius 3 is 2.51 bits per heavy atom. The van der Waals surface area contributed by atoms with Gasteiger partial charge in [-0.05, 0) is 55.3 Å². The number of halogens is 5. The number of benzene rings is 2. The molecule has 1 aliphatic heterocycles. The third kappa shape index (κ3) is 6.18. The van der Waals surface area contributed by atoms with Gasteiger partial charge < -0.3 is 5.32 Å². The zero-order valence-electron chi connectivity index (χ0n) is 23.5. The first kappa shape index (κ1) is 30.1. The quantitative estimate of drug-likeness (QED) is 0.237. The van der Waals surface area contributed by atoms with Gasteiger partial charge in [0.15, 0.2) is 5.69 Å². The molecular formula is C30H23ClF4N8O2. The minimum atomic E-state index is -4.70. The maximum absolute atomic E-state index is 14.3. The number of rotatable bonds is 3. The standard InChI is InChI=1S/C30H23ClF4N8O2/c1-16-3-2-4-26(24-11-22(36-14-37-24)19-10-18(32)6-7-21(19)39-29(16)45)42-15-38-23(12-28(42)44)20-9-17(31)5-8-25(20)43-13-27(40-41-43)30(33,34)35/h5-16,26H,2-4H2,1H3,(H,39,45)/t16-,26+/m1/s1. The van der Waals surface area contributed by atoms with Crippen molar-refractivity contribution in [3.8, 4) is 28.2 Å². The molecule has 10 nitrogen and oxygen atoms in total. The average molecular weight is 639 g/mol. The third-order valence-electron chi connectivity index (χ3n) is 7.54. The second-order valence-corrected chi connectivity index (χ2v) is 11.0. The summed E-state index contributed by atoms with van der Waals surface area (Å²) in [6, 6.07) is 10.6. The summed E-state index contributed by atoms with van der Waals surface area (Å²) in [5, 5.41) is 9.94. The Kier molecular flexibility index (Phi) is 7.91. The Morgan fingerprint density at radius 2 is 1.76 bits per heavy atom. The monoisotopic (exact) mass is 638 g/mol. The van der Waals surface area contributed by atoms with Crippen molar-refractivity contribution in [2.75, 3.05) is 5.32 Å². The highest BCUT2D eigenvalue weighted by Crippen LogP contribution is 2.34. The molecule has 3 aromatic heterocycles. The molecule has 0 saturated carbocycles. The molecule has 2 aromatic carbocycles. The smallest absolute Gasteiger partial charge is 0.325 e. The second kappa shape index (κ2) is 11.8. The zero-order chi connectivity index (χ0) is 31.9. The van der Waals surface area contributed by atoms with E-state index >= 15 is 0 Å². The van der Waals surface area contributed by atoms with E-state index < -0.39 is 29.3 Å². The number of carbonyl (C=O) groups is 1. The van der Waals surface area contributed by atoms with Crippen molar-refractivity contribution < 1.29 is 22.4 Å². The van der Waals surface area contributed by atoms with Gasteiger partial charge >= 0.3 is 6.18 Å². The average Bonchev–Trinajstić information content (AvgIpc) is 3.51. The van der Waals surface area contributed by atoms with Crippen LogP contribution in [0.2, 0.25) is 5.02 Å². The van der Waals surface area contributed by atoms with Gasteiger partial charge in [0.2, 0.25) is 5.91 Å². The van der Waals surface area contributed by atoms with E-state index in [0.717, 1.165) is 10.9 Å². The van der Waals surface area contributed by atoms with Crippen LogP contribution in [0.15, 0.2) is 72.2 Å². The number of aromatic nitrogens is 7. The molecule has 2 bridgehead atoms. The summed E-state index contributed by atoms with van der Waals surface area (Å²) in [4.78, 5) is 39.8. The van der Waals surface area contributed by atoms with Crippen molar-refractivity contribution in [1.82, 2.24) is 34.5 Å². The number of anilines is 1. The van der Waals surface area contributed by atoms with E-state index in [4.69, 9.17) is 11.6 Å². The molecule has 0 unspecified atom stereocenters. The Morgan fingerprint density at radius 1 is 0.956 bits per heavy atom. The molecule has 0 aliphatic carbocycles. The highest BCUT2D eigenvalue weighted by atomic mass is 35.5. The summed E-state index contributed by atoms with van der Waals surface area (Å²) in [5.41, 5.74) is 0.482. The van der Waals surface area contributed by atoms with Crippen molar-refractivity contribution in [3.63, 3.8) is 0 Å². The zero-order valence-corrected chi connectivity index (χ0v) is 24.2. The van der Waals surface area contributed by atoms with Gasteiger partial charge in [-0.1, -0.05) is 30.2 Å². The van der Waals surface area contributed by atoms with Crippen LogP contribution in [0.1, 0.15) is 43.6 Å². The molecule has 4 heterocycles. The predicted molar refractivity (Wildman–Crippen MR) is 156 cm³/mol. The Bertz CT molecular complexity index is 1980. The normalized spacial score (nSPS) is 17.2. The van der Waals surface area contributed by atoms with Crippen LogP contribution in [0.3, 0.4) is 0 Å². The van der Waals surface area contributed by atoms with E-state index in [2.05, 4.69) is 30.6 Å². The van der Waals surface area contributed by atoms with Crippen LogP contribution < -0.4 is 10.9 Å². The van der Waals surface area contributed by atoms with Crippen LogP contribution >= 0.6 is 11.6 Å². The van der Waals surface area contributed by atoms with Crippen LogP contribution in [-0.4, -0.2) is 40.4 Å². The Balaban J connectivity index is 1.42. The molecular weight excluding hydrogens is 616 g/mol. The molecule has 5 aromatic rings. The van der Waals surface area contributed by atoms with Crippen LogP contribution in [0.5, 0.6) is 0 Å². The summed E-state index contributed by atoms with van der Waals surface area (Å²) < 4.78 is 56.2. The summed E-state index contributed by atoms with van der Waals surface area (Å²) in [5.74, 6) is -1.13. The molecule has 0 saturated heterocycles. The van der Waals surface area contributed by atoms with Gasteiger partial charge in [0.25, 0.3) is 5.56 Å². The minimum Gasteiger partial charge on any atom is -0.325 e. The number of fused-ring (bicyclic) bond motifs is 4. The third-order valence-corrected chi connectivity index (χ3v) is 7.78. The first-order valence-electron chi connectivity index (χ1n) is 13.8. The van der Waals surface area contributed by atoms with Crippen LogP contribution in [0.4, 0.5) is 23.2 Å². The number of nitrogens with zero attached hydrogens (tertiary/aromatic N) is 7. The highest BCUT2D eigenvalue weighted by molar-refractivity contribution is 6.31. The molecule has 0 radical (unpaired) electrons. The number of carbonyl (C=O) groups excluding carboxylic acids is 1. The molecule has 1 amide bonds. The fraction of sp³-hybridized carbons (Fsp3) is 0.233. The minimum absolute atomic E-state index is 0.143. The number of amides is 1. The van der Waals surface area contributed by atoms with Gasteiger partial charge in [-0.15, -0.1) is 5.10 Å². The first-order chi connectivity index (χ1) is 21.5. The molecule has 0 fully saturated rings. The van der Waals surface area contributed by atoms with E-state index in [-0.39, 0.29) is 33.8 Å². The number of alkyl halides is 3. The van der Waals surface area contributed by atoms with Crippen LogP contribution in [0.25, 0.3) is 28.2 Å². The first-order valence-corrected chi connectivity index (χ1v) is 14.2. The number of nitrogens with one attached hydrogen (secondary N) is 1. The maximum Gasteiger partial charge on any atom is 0.436 e. The molecule has 45 heavy (non-hydrogen) atoms. The molecule has 15 heteroatoms. The van der Waals surface area contributed by atoms with E-state index in [1.54, 1.807) is 13.0 Å². The predicted octanol–water partition coefficient (Wildman–Crippen LogP) is 6.11. The lowest BCUT2D eigenvalue weighted by molar-refractivity contribution is -0.141. The SMILES string of the molecule is C[C@@H]1CCC[C@H](n2cnc(-c3cc(Cl)ccc3-n3cc(C(F)(F)F)nn3)cc2=O)c2cc(ncn2)-c2cc(F)ccc2NC1=O. The summed E-state index contributed by atoms with van der Waals surface area (Å²) in [7, 11) is 0. The van der Waals surface area contributed by atoms with E-state index in [1.807, 2.05) is 0 Å². The summed E-state index contributed by atoms with van der Waals surface area (Å²) in [6.07, 6.45) is 0.128. The van der Waals surface area contributed by atoms with Gasteiger partial charge in [-0.3, -0.25) is 14.2 Å². The number of hydrogen-bond acceptors (Lipinski definition) is 7. The van der Waals surface area contributed by atoms with Gasteiger partial charge in [-0.2, -0.15) is 13.2 Å². The molecule has 1 N–H and O–H groups in total. The lowest BCUT2D eigenvalue weighted by Gasteiger charge is -2.22. The van der Waals surface area contributed by atoms with E-state index in [0.29, 0.717) is 41.9 Å². The van der Waals surface area contributed by atoms with Gasteiger partial charge in [0, 0.05) is 28.1 Å². The Labute approximate surface area is 257 Å².